The van der Waals surface area contributed by atoms with Gasteiger partial charge >= 0.3 is 12.0 Å². The molecule has 2 aliphatic rings. The highest BCUT2D eigenvalue weighted by Gasteiger charge is 2.45. The van der Waals surface area contributed by atoms with Crippen molar-refractivity contribution >= 4 is 12.0 Å². The first kappa shape index (κ1) is 15.1. The van der Waals surface area contributed by atoms with Crippen LogP contribution in [0.25, 0.3) is 0 Å². The van der Waals surface area contributed by atoms with E-state index in [9.17, 15) is 14.7 Å². The van der Waals surface area contributed by atoms with E-state index in [4.69, 9.17) is 4.74 Å². The average Bonchev–Trinajstić information content (AvgIpc) is 3.06. The first-order valence-corrected chi connectivity index (χ1v) is 7.45. The van der Waals surface area contributed by atoms with Crippen molar-refractivity contribution in [2.24, 2.45) is 5.41 Å². The molecule has 114 valence electrons. The lowest BCUT2D eigenvalue weighted by molar-refractivity contribution is -0.148. The van der Waals surface area contributed by atoms with Crippen LogP contribution in [0.3, 0.4) is 0 Å². The van der Waals surface area contributed by atoms with Crippen molar-refractivity contribution in [2.75, 3.05) is 26.2 Å². The average molecular weight is 284 g/mol. The molecule has 0 aromatic carbocycles. The highest BCUT2D eigenvalue weighted by molar-refractivity contribution is 5.79. The maximum atomic E-state index is 12.1. The van der Waals surface area contributed by atoms with E-state index >= 15 is 0 Å². The SMILES string of the molecule is CCCC1(C(=O)O)CCN(C(=O)NCC2CCCO2)C1. The topological polar surface area (TPSA) is 78.9 Å². The van der Waals surface area contributed by atoms with Gasteiger partial charge in [-0.1, -0.05) is 13.3 Å². The molecular weight excluding hydrogens is 260 g/mol. The Bertz CT molecular complexity index is 368. The smallest absolute Gasteiger partial charge is 0.317 e. The number of rotatable bonds is 5. The summed E-state index contributed by atoms with van der Waals surface area (Å²) in [5.41, 5.74) is -0.754. The minimum atomic E-state index is -0.784. The lowest BCUT2D eigenvalue weighted by Gasteiger charge is -2.24. The fourth-order valence-electron chi connectivity index (χ4n) is 3.13. The highest BCUT2D eigenvalue weighted by Crippen LogP contribution is 2.35. The number of carboxylic acids is 1. The van der Waals surface area contributed by atoms with E-state index in [1.165, 1.54) is 0 Å². The summed E-state index contributed by atoms with van der Waals surface area (Å²) in [6.45, 7) is 4.09. The van der Waals surface area contributed by atoms with E-state index in [1.807, 2.05) is 6.92 Å². The summed E-state index contributed by atoms with van der Waals surface area (Å²) in [7, 11) is 0. The van der Waals surface area contributed by atoms with Crippen molar-refractivity contribution in [3.8, 4) is 0 Å². The van der Waals surface area contributed by atoms with E-state index in [2.05, 4.69) is 5.32 Å². The van der Waals surface area contributed by atoms with Gasteiger partial charge in [0.15, 0.2) is 0 Å². The molecule has 0 spiro atoms. The molecule has 0 saturated carbocycles. The fourth-order valence-corrected chi connectivity index (χ4v) is 3.13. The highest BCUT2D eigenvalue weighted by atomic mass is 16.5. The predicted molar refractivity (Wildman–Crippen MR) is 73.5 cm³/mol. The van der Waals surface area contributed by atoms with Crippen LogP contribution in [0, 0.1) is 5.41 Å². The monoisotopic (exact) mass is 284 g/mol. The van der Waals surface area contributed by atoms with Crippen molar-refractivity contribution < 1.29 is 19.4 Å². The van der Waals surface area contributed by atoms with Crippen LogP contribution in [0.4, 0.5) is 4.79 Å². The van der Waals surface area contributed by atoms with Gasteiger partial charge in [-0.25, -0.2) is 4.79 Å². The van der Waals surface area contributed by atoms with Gasteiger partial charge in [0.05, 0.1) is 11.5 Å². The van der Waals surface area contributed by atoms with Gasteiger partial charge in [-0.2, -0.15) is 0 Å². The number of carboxylic acid groups (broad SMARTS) is 1. The largest absolute Gasteiger partial charge is 0.481 e. The second-order valence-corrected chi connectivity index (χ2v) is 5.83. The Hall–Kier alpha value is -1.30. The molecule has 6 heteroatoms. The molecule has 2 amide bonds. The summed E-state index contributed by atoms with van der Waals surface area (Å²) in [5, 5.41) is 12.3. The summed E-state index contributed by atoms with van der Waals surface area (Å²) in [6, 6.07) is -0.167. The molecule has 0 bridgehead atoms. The number of likely N-dealkylation sites (tertiary alicyclic amines) is 1. The number of nitrogens with one attached hydrogen (secondary N) is 1. The molecular formula is C14H24N2O4. The van der Waals surface area contributed by atoms with Gasteiger partial charge in [0.25, 0.3) is 0 Å². The predicted octanol–water partition coefficient (Wildman–Crippen LogP) is 1.45. The molecule has 2 rings (SSSR count). The Labute approximate surface area is 119 Å². The molecule has 0 aliphatic carbocycles. The van der Waals surface area contributed by atoms with E-state index in [-0.39, 0.29) is 12.1 Å². The molecule has 2 fully saturated rings. The standard InChI is InChI=1S/C14H24N2O4/c1-2-5-14(12(17)18)6-7-16(10-14)13(19)15-9-11-4-3-8-20-11/h11H,2-10H2,1H3,(H,15,19)(H,17,18). The summed E-state index contributed by atoms with van der Waals surface area (Å²) in [5.74, 6) is -0.784. The summed E-state index contributed by atoms with van der Waals surface area (Å²) < 4.78 is 5.46. The van der Waals surface area contributed by atoms with Crippen LogP contribution < -0.4 is 5.32 Å². The van der Waals surface area contributed by atoms with Crippen LogP contribution in [0.5, 0.6) is 0 Å². The molecule has 0 aromatic heterocycles. The number of hydrogen-bond acceptors (Lipinski definition) is 3. The maximum absolute atomic E-state index is 12.1. The van der Waals surface area contributed by atoms with Gasteiger partial charge in [-0.05, 0) is 25.7 Å². The summed E-state index contributed by atoms with van der Waals surface area (Å²) in [6.07, 6.45) is 4.12. The molecule has 2 atom stereocenters. The Morgan fingerprint density at radius 2 is 2.30 bits per heavy atom. The Morgan fingerprint density at radius 1 is 1.50 bits per heavy atom. The molecule has 2 unspecified atom stereocenters. The van der Waals surface area contributed by atoms with Crippen molar-refractivity contribution in [1.29, 1.82) is 0 Å². The number of ether oxygens (including phenoxy) is 1. The number of carbonyl (C=O) groups excluding carboxylic acids is 1. The number of amides is 2. The maximum Gasteiger partial charge on any atom is 0.317 e. The zero-order chi connectivity index (χ0) is 14.6. The Balaban J connectivity index is 1.84. The fraction of sp³-hybridized carbons (Fsp3) is 0.857. The lowest BCUT2D eigenvalue weighted by atomic mass is 9.83. The third-order valence-electron chi connectivity index (χ3n) is 4.33. The van der Waals surface area contributed by atoms with E-state index in [0.29, 0.717) is 32.5 Å². The zero-order valence-corrected chi connectivity index (χ0v) is 12.1. The third kappa shape index (κ3) is 3.23. The second-order valence-electron chi connectivity index (χ2n) is 5.83. The van der Waals surface area contributed by atoms with Crippen LogP contribution in [0.2, 0.25) is 0 Å². The van der Waals surface area contributed by atoms with Crippen LogP contribution in [-0.4, -0.2) is 54.4 Å². The molecule has 6 nitrogen and oxygen atoms in total. The Morgan fingerprint density at radius 3 is 2.90 bits per heavy atom. The second kappa shape index (κ2) is 6.43. The van der Waals surface area contributed by atoms with Crippen molar-refractivity contribution in [2.45, 2.75) is 45.1 Å². The number of carbonyl (C=O) groups is 2. The van der Waals surface area contributed by atoms with Gasteiger partial charge in [0.2, 0.25) is 0 Å². The lowest BCUT2D eigenvalue weighted by Crippen LogP contribution is -2.43. The van der Waals surface area contributed by atoms with Gasteiger partial charge < -0.3 is 20.1 Å². The number of hydrogen-bond donors (Lipinski definition) is 2. The third-order valence-corrected chi connectivity index (χ3v) is 4.33. The molecule has 0 radical (unpaired) electrons. The quantitative estimate of drug-likeness (QED) is 0.801. The van der Waals surface area contributed by atoms with Crippen molar-refractivity contribution in [3.63, 3.8) is 0 Å². The number of nitrogens with zero attached hydrogens (tertiary/aromatic N) is 1. The first-order valence-electron chi connectivity index (χ1n) is 7.45. The molecule has 20 heavy (non-hydrogen) atoms. The first-order chi connectivity index (χ1) is 9.57. The van der Waals surface area contributed by atoms with Crippen molar-refractivity contribution in [1.82, 2.24) is 10.2 Å². The van der Waals surface area contributed by atoms with Crippen LogP contribution >= 0.6 is 0 Å². The normalized spacial score (nSPS) is 29.6. The minimum absolute atomic E-state index is 0.112. The van der Waals surface area contributed by atoms with Crippen LogP contribution in [-0.2, 0) is 9.53 Å². The van der Waals surface area contributed by atoms with Crippen LogP contribution in [0.1, 0.15) is 39.0 Å². The summed E-state index contributed by atoms with van der Waals surface area (Å²) >= 11 is 0. The van der Waals surface area contributed by atoms with E-state index in [0.717, 1.165) is 25.9 Å². The van der Waals surface area contributed by atoms with Gasteiger partial charge in [-0.15, -0.1) is 0 Å². The van der Waals surface area contributed by atoms with E-state index in [1.54, 1.807) is 4.90 Å². The minimum Gasteiger partial charge on any atom is -0.481 e. The molecule has 2 aliphatic heterocycles. The van der Waals surface area contributed by atoms with Gasteiger partial charge in [-0.3, -0.25) is 4.79 Å². The van der Waals surface area contributed by atoms with Crippen molar-refractivity contribution in [3.05, 3.63) is 0 Å². The number of aliphatic carboxylic acids is 1. The molecule has 2 heterocycles. The van der Waals surface area contributed by atoms with Gasteiger partial charge in [0.1, 0.15) is 0 Å². The van der Waals surface area contributed by atoms with Gasteiger partial charge in [0, 0.05) is 26.2 Å². The molecule has 2 N–H and O–H groups in total. The van der Waals surface area contributed by atoms with E-state index < -0.39 is 11.4 Å². The van der Waals surface area contributed by atoms with Crippen LogP contribution in [0.15, 0.2) is 0 Å². The summed E-state index contributed by atoms with van der Waals surface area (Å²) in [4.78, 5) is 25.2. The molecule has 2 saturated heterocycles. The zero-order valence-electron chi connectivity index (χ0n) is 12.1. The molecule has 0 aromatic rings. The Kier molecular flexibility index (Phi) is 4.86. The number of urea groups is 1.